The van der Waals surface area contributed by atoms with E-state index in [2.05, 4.69) is 15.1 Å². The molecule has 0 fully saturated rings. The summed E-state index contributed by atoms with van der Waals surface area (Å²) in [5, 5.41) is 4.44. The van der Waals surface area contributed by atoms with Crippen LogP contribution in [-0.2, 0) is 6.61 Å². The van der Waals surface area contributed by atoms with Crippen LogP contribution in [0, 0.1) is 0 Å². The second-order valence-corrected chi connectivity index (χ2v) is 5.63. The predicted octanol–water partition coefficient (Wildman–Crippen LogP) is 2.71. The standard InChI is InChI=1S/C18H19N4O3/c1-12-15(9-22(2)21-12)18-13(5-4-6-19-18)11-25-16-8-20-17(24-3)7-14(16)10-23/h4-10,12H,11H2,1-3H3/q+1. The van der Waals surface area contributed by atoms with Crippen LogP contribution in [0.3, 0.4) is 0 Å². The van der Waals surface area contributed by atoms with Crippen LogP contribution >= 0.6 is 0 Å². The van der Waals surface area contributed by atoms with Crippen molar-refractivity contribution in [3.8, 4) is 11.6 Å². The van der Waals surface area contributed by atoms with Crippen molar-refractivity contribution in [3.63, 3.8) is 0 Å². The summed E-state index contributed by atoms with van der Waals surface area (Å²) in [6.45, 7) is 2.29. The zero-order valence-electron chi connectivity index (χ0n) is 14.3. The van der Waals surface area contributed by atoms with Crippen LogP contribution < -0.4 is 9.47 Å². The first-order chi connectivity index (χ1) is 12.1. The molecule has 2 aromatic rings. The molecule has 0 amide bonds. The number of nitrogens with zero attached hydrogens (tertiary/aromatic N) is 4. The summed E-state index contributed by atoms with van der Waals surface area (Å²) in [6, 6.07) is 5.39. The first-order valence-electron chi connectivity index (χ1n) is 7.84. The molecule has 1 aliphatic rings. The summed E-state index contributed by atoms with van der Waals surface area (Å²) >= 11 is 0. The highest BCUT2D eigenvalue weighted by Crippen LogP contribution is 2.27. The van der Waals surface area contributed by atoms with Crippen LogP contribution in [0.5, 0.6) is 11.6 Å². The van der Waals surface area contributed by atoms with Crippen LogP contribution in [0.25, 0.3) is 5.57 Å². The molecule has 0 bridgehead atoms. The second kappa shape index (κ2) is 7.21. The average Bonchev–Trinajstić information content (AvgIpc) is 2.98. The van der Waals surface area contributed by atoms with E-state index >= 15 is 0 Å². The van der Waals surface area contributed by atoms with Gasteiger partial charge in [-0.1, -0.05) is 10.8 Å². The maximum atomic E-state index is 11.3. The SMILES string of the molecule is COc1cc(C=O)c(OCc2cccnc2C2=C[N+](C)=NC2C)cn1. The Morgan fingerprint density at radius 1 is 1.36 bits per heavy atom. The van der Waals surface area contributed by atoms with Crippen molar-refractivity contribution in [1.82, 2.24) is 9.97 Å². The van der Waals surface area contributed by atoms with E-state index in [0.29, 0.717) is 17.2 Å². The number of rotatable bonds is 6. The van der Waals surface area contributed by atoms with Gasteiger partial charge in [0.05, 0.1) is 30.1 Å². The van der Waals surface area contributed by atoms with Gasteiger partial charge >= 0.3 is 0 Å². The lowest BCUT2D eigenvalue weighted by Crippen LogP contribution is -2.07. The Morgan fingerprint density at radius 3 is 2.88 bits per heavy atom. The summed E-state index contributed by atoms with van der Waals surface area (Å²) < 4.78 is 12.6. The molecular formula is C18H19N4O3+. The number of pyridine rings is 2. The first-order valence-corrected chi connectivity index (χ1v) is 7.84. The fraction of sp³-hybridized carbons (Fsp3) is 0.278. The topological polar surface area (TPSA) is 76.7 Å². The minimum atomic E-state index is 0.0341. The van der Waals surface area contributed by atoms with Crippen molar-refractivity contribution < 1.29 is 19.0 Å². The maximum absolute atomic E-state index is 11.3. The highest BCUT2D eigenvalue weighted by Gasteiger charge is 2.25. The first kappa shape index (κ1) is 16.8. The van der Waals surface area contributed by atoms with Gasteiger partial charge in [-0.05, 0) is 18.1 Å². The van der Waals surface area contributed by atoms with E-state index < -0.39 is 0 Å². The van der Waals surface area contributed by atoms with E-state index in [9.17, 15) is 4.79 Å². The number of aromatic nitrogens is 2. The van der Waals surface area contributed by atoms with Crippen molar-refractivity contribution in [3.05, 3.63) is 53.6 Å². The lowest BCUT2D eigenvalue weighted by molar-refractivity contribution is -0.493. The maximum Gasteiger partial charge on any atom is 0.213 e. The largest absolute Gasteiger partial charge is 0.486 e. The minimum Gasteiger partial charge on any atom is -0.486 e. The molecule has 1 unspecified atom stereocenters. The third-order valence-corrected chi connectivity index (χ3v) is 3.89. The zero-order chi connectivity index (χ0) is 17.8. The molecule has 0 spiro atoms. The molecule has 25 heavy (non-hydrogen) atoms. The third-order valence-electron chi connectivity index (χ3n) is 3.89. The molecule has 3 rings (SSSR count). The molecule has 128 valence electrons. The fourth-order valence-corrected chi connectivity index (χ4v) is 2.67. The van der Waals surface area contributed by atoms with Gasteiger partial charge in [0.1, 0.15) is 18.4 Å². The van der Waals surface area contributed by atoms with Crippen LogP contribution in [0.4, 0.5) is 0 Å². The molecule has 3 heterocycles. The van der Waals surface area contributed by atoms with E-state index in [1.54, 1.807) is 17.0 Å². The van der Waals surface area contributed by atoms with Crippen molar-refractivity contribution in [2.24, 2.45) is 5.11 Å². The summed E-state index contributed by atoms with van der Waals surface area (Å²) in [5.41, 5.74) is 3.18. The highest BCUT2D eigenvalue weighted by molar-refractivity contribution is 5.79. The Labute approximate surface area is 145 Å². The summed E-state index contributed by atoms with van der Waals surface area (Å²) in [5.74, 6) is 0.770. The van der Waals surface area contributed by atoms with Gasteiger partial charge in [-0.2, -0.15) is 0 Å². The number of carbonyl (C=O) groups excluding carboxylic acids is 1. The van der Waals surface area contributed by atoms with E-state index in [4.69, 9.17) is 9.47 Å². The molecule has 1 atom stereocenters. The third kappa shape index (κ3) is 3.55. The molecule has 0 saturated heterocycles. The van der Waals surface area contributed by atoms with Gasteiger partial charge in [-0.25, -0.2) is 4.98 Å². The normalized spacial score (nSPS) is 16.2. The van der Waals surface area contributed by atoms with Crippen LogP contribution in [0.2, 0.25) is 0 Å². The van der Waals surface area contributed by atoms with Gasteiger partial charge in [0.15, 0.2) is 13.3 Å². The number of hydrogen-bond donors (Lipinski definition) is 0. The zero-order valence-corrected chi connectivity index (χ0v) is 14.3. The van der Waals surface area contributed by atoms with Crippen molar-refractivity contribution in [2.75, 3.05) is 14.2 Å². The van der Waals surface area contributed by atoms with E-state index in [0.717, 1.165) is 23.1 Å². The van der Waals surface area contributed by atoms with E-state index in [1.807, 2.05) is 32.3 Å². The molecule has 0 aromatic carbocycles. The smallest absolute Gasteiger partial charge is 0.213 e. The summed E-state index contributed by atoms with van der Waals surface area (Å²) in [4.78, 5) is 19.8. The van der Waals surface area contributed by atoms with Gasteiger partial charge in [0.25, 0.3) is 0 Å². The molecule has 1 aliphatic heterocycles. The molecule has 0 saturated carbocycles. The molecule has 0 radical (unpaired) electrons. The van der Waals surface area contributed by atoms with Crippen molar-refractivity contribution >= 4 is 11.9 Å². The molecular weight excluding hydrogens is 320 g/mol. The molecule has 7 heteroatoms. The second-order valence-electron chi connectivity index (χ2n) is 5.63. The molecule has 0 N–H and O–H groups in total. The monoisotopic (exact) mass is 339 g/mol. The fourth-order valence-electron chi connectivity index (χ4n) is 2.67. The average molecular weight is 339 g/mol. The van der Waals surface area contributed by atoms with Gasteiger partial charge in [-0.15, -0.1) is 0 Å². The predicted molar refractivity (Wildman–Crippen MR) is 90.8 cm³/mol. The molecule has 2 aromatic heterocycles. The number of ether oxygens (including phenoxy) is 2. The number of aldehydes is 1. The number of carbonyl (C=O) groups is 1. The van der Waals surface area contributed by atoms with Crippen LogP contribution in [-0.4, -0.2) is 41.2 Å². The Morgan fingerprint density at radius 2 is 2.20 bits per heavy atom. The summed E-state index contributed by atoms with van der Waals surface area (Å²) in [7, 11) is 3.39. The van der Waals surface area contributed by atoms with Crippen molar-refractivity contribution in [1.29, 1.82) is 0 Å². The number of methoxy groups -OCH3 is 1. The van der Waals surface area contributed by atoms with Crippen LogP contribution in [0.1, 0.15) is 28.5 Å². The number of hydrogen-bond acceptors (Lipinski definition) is 6. The lowest BCUT2D eigenvalue weighted by atomic mass is 10.0. The highest BCUT2D eigenvalue weighted by atomic mass is 16.5. The Bertz CT molecular complexity index is 861. The van der Waals surface area contributed by atoms with E-state index in [-0.39, 0.29) is 12.6 Å². The van der Waals surface area contributed by atoms with E-state index in [1.165, 1.54) is 13.3 Å². The Hall–Kier alpha value is -3.09. The Balaban J connectivity index is 1.84. The Kier molecular flexibility index (Phi) is 4.83. The van der Waals surface area contributed by atoms with Gasteiger partial charge < -0.3 is 9.47 Å². The number of azo groups is 2. The van der Waals surface area contributed by atoms with Gasteiger partial charge in [0, 0.05) is 17.8 Å². The quantitative estimate of drug-likeness (QED) is 0.597. The van der Waals surface area contributed by atoms with Gasteiger partial charge in [0.2, 0.25) is 12.1 Å². The molecule has 7 nitrogen and oxygen atoms in total. The van der Waals surface area contributed by atoms with Crippen molar-refractivity contribution in [2.45, 2.75) is 19.6 Å². The van der Waals surface area contributed by atoms with Crippen LogP contribution in [0.15, 0.2) is 41.9 Å². The van der Waals surface area contributed by atoms with Gasteiger partial charge in [-0.3, -0.25) is 9.78 Å². The molecule has 0 aliphatic carbocycles. The lowest BCUT2D eigenvalue weighted by Gasteiger charge is -2.12. The minimum absolute atomic E-state index is 0.0341. The summed E-state index contributed by atoms with van der Waals surface area (Å²) in [6.07, 6.45) is 5.91.